The SMILES string of the molecule is [B]OC(=C(C#N)n1ccc(-c2ccccn2)n1)c1c(C)c(C)nn1C. The molecule has 0 aliphatic carbocycles. The molecule has 0 spiro atoms. The Balaban J connectivity index is 2.14. The molecule has 0 bridgehead atoms. The summed E-state index contributed by atoms with van der Waals surface area (Å²) in [5.74, 6) is 0.207. The van der Waals surface area contributed by atoms with Crippen LogP contribution in [0.4, 0.5) is 0 Å². The molecule has 0 aliphatic rings. The number of hydrogen-bond acceptors (Lipinski definition) is 5. The van der Waals surface area contributed by atoms with Crippen molar-refractivity contribution in [1.82, 2.24) is 24.5 Å². The van der Waals surface area contributed by atoms with Gasteiger partial charge in [-0.1, -0.05) is 6.07 Å². The smallest absolute Gasteiger partial charge is 0.374 e. The number of nitriles is 1. The van der Waals surface area contributed by atoms with Crippen molar-refractivity contribution in [3.8, 4) is 17.5 Å². The van der Waals surface area contributed by atoms with Gasteiger partial charge in [0.2, 0.25) is 0 Å². The molecule has 8 heteroatoms. The molecule has 0 aliphatic heterocycles. The normalized spacial score (nSPS) is 11.8. The Morgan fingerprint density at radius 3 is 2.56 bits per heavy atom. The molecule has 0 atom stereocenters. The van der Waals surface area contributed by atoms with E-state index in [-0.39, 0.29) is 11.5 Å². The molecule has 0 amide bonds. The van der Waals surface area contributed by atoms with Crippen LogP contribution < -0.4 is 0 Å². The lowest BCUT2D eigenvalue weighted by atomic mass is 10.1. The molecule has 3 heterocycles. The zero-order valence-electron chi connectivity index (χ0n) is 14.1. The van der Waals surface area contributed by atoms with E-state index >= 15 is 0 Å². The van der Waals surface area contributed by atoms with Gasteiger partial charge in [-0.05, 0) is 32.0 Å². The van der Waals surface area contributed by atoms with Crippen LogP contribution in [0.2, 0.25) is 0 Å². The third kappa shape index (κ3) is 2.92. The number of nitrogens with zero attached hydrogens (tertiary/aromatic N) is 6. The van der Waals surface area contributed by atoms with Crippen LogP contribution in [0.5, 0.6) is 0 Å². The highest BCUT2D eigenvalue weighted by Crippen LogP contribution is 2.27. The van der Waals surface area contributed by atoms with Gasteiger partial charge in [-0.25, -0.2) is 4.68 Å². The van der Waals surface area contributed by atoms with E-state index in [9.17, 15) is 5.26 Å². The molecule has 3 rings (SSSR count). The number of allylic oxidation sites excluding steroid dienone is 1. The molecule has 7 nitrogen and oxygen atoms in total. The topological polar surface area (TPSA) is 81.6 Å². The molecule has 0 saturated heterocycles. The molecule has 3 aromatic heterocycles. The van der Waals surface area contributed by atoms with Gasteiger partial charge < -0.3 is 4.65 Å². The van der Waals surface area contributed by atoms with Crippen molar-refractivity contribution in [3.63, 3.8) is 0 Å². The molecule has 0 N–H and O–H groups in total. The first kappa shape index (κ1) is 16.5. The van der Waals surface area contributed by atoms with Crippen LogP contribution in [-0.2, 0) is 11.7 Å². The molecule has 3 aromatic rings. The monoisotopic (exact) mass is 330 g/mol. The summed E-state index contributed by atoms with van der Waals surface area (Å²) in [5.41, 5.74) is 3.86. The highest BCUT2D eigenvalue weighted by atomic mass is 16.4. The van der Waals surface area contributed by atoms with E-state index in [0.29, 0.717) is 17.1 Å². The van der Waals surface area contributed by atoms with E-state index in [2.05, 4.69) is 21.3 Å². The predicted molar refractivity (Wildman–Crippen MR) is 93.7 cm³/mol. The van der Waals surface area contributed by atoms with Gasteiger partial charge in [0.05, 0.1) is 11.4 Å². The maximum Gasteiger partial charge on any atom is 0.374 e. The molecule has 0 aromatic carbocycles. The summed E-state index contributed by atoms with van der Waals surface area (Å²) in [7, 11) is 7.25. The first-order valence-corrected chi connectivity index (χ1v) is 7.56. The fraction of sp³-hybridized carbons (Fsp3) is 0.176. The Morgan fingerprint density at radius 2 is 2.00 bits per heavy atom. The second-order valence-corrected chi connectivity index (χ2v) is 5.45. The molecular weight excluding hydrogens is 315 g/mol. The Hall–Kier alpha value is -3.34. The van der Waals surface area contributed by atoms with E-state index in [4.69, 9.17) is 12.7 Å². The molecular formula is C17H15BN6O. The van der Waals surface area contributed by atoms with Crippen LogP contribution in [0.25, 0.3) is 22.8 Å². The Labute approximate surface area is 146 Å². The lowest BCUT2D eigenvalue weighted by Gasteiger charge is -2.11. The van der Waals surface area contributed by atoms with Crippen molar-refractivity contribution in [1.29, 1.82) is 5.26 Å². The highest BCUT2D eigenvalue weighted by molar-refractivity contribution is 6.04. The molecule has 0 saturated carbocycles. The van der Waals surface area contributed by atoms with E-state index < -0.39 is 0 Å². The summed E-state index contributed by atoms with van der Waals surface area (Å²) in [6.07, 6.45) is 3.35. The molecule has 122 valence electrons. The van der Waals surface area contributed by atoms with Gasteiger partial charge in [0.1, 0.15) is 17.5 Å². The van der Waals surface area contributed by atoms with E-state index in [1.165, 1.54) is 4.68 Å². The number of aryl methyl sites for hydroxylation is 2. The lowest BCUT2D eigenvalue weighted by Crippen LogP contribution is -2.07. The first-order valence-electron chi connectivity index (χ1n) is 7.56. The Bertz CT molecular complexity index is 980. The highest BCUT2D eigenvalue weighted by Gasteiger charge is 2.20. The standard InChI is InChI=1S/C17H15BN6O/c1-11-12(2)21-23(3)16(11)17(25-18)15(10-19)24-9-7-14(22-24)13-6-4-5-8-20-13/h4-9H,1-3H3. The van der Waals surface area contributed by atoms with Gasteiger partial charge in [-0.3, -0.25) is 9.67 Å². The minimum Gasteiger partial charge on any atom is -0.564 e. The zero-order chi connectivity index (χ0) is 18.0. The van der Waals surface area contributed by atoms with Crippen LogP contribution in [0.1, 0.15) is 17.0 Å². The zero-order valence-corrected chi connectivity index (χ0v) is 14.1. The van der Waals surface area contributed by atoms with Gasteiger partial charge in [0.15, 0.2) is 11.5 Å². The number of aromatic nitrogens is 5. The predicted octanol–water partition coefficient (Wildman–Crippen LogP) is 2.24. The van der Waals surface area contributed by atoms with Crippen LogP contribution in [0.3, 0.4) is 0 Å². The van der Waals surface area contributed by atoms with Crippen LogP contribution in [0.15, 0.2) is 36.7 Å². The average molecular weight is 330 g/mol. The summed E-state index contributed by atoms with van der Waals surface area (Å²) < 4.78 is 8.11. The Kier molecular flexibility index (Phi) is 4.39. The fourth-order valence-electron chi connectivity index (χ4n) is 2.61. The van der Waals surface area contributed by atoms with E-state index in [1.807, 2.05) is 32.0 Å². The molecule has 2 radical (unpaired) electrons. The molecule has 25 heavy (non-hydrogen) atoms. The minimum absolute atomic E-state index is 0.163. The lowest BCUT2D eigenvalue weighted by molar-refractivity contribution is 0.555. The fourth-order valence-corrected chi connectivity index (χ4v) is 2.61. The summed E-state index contributed by atoms with van der Waals surface area (Å²) in [4.78, 5) is 4.26. The molecule has 0 fully saturated rings. The van der Waals surface area contributed by atoms with Crippen molar-refractivity contribution in [2.45, 2.75) is 13.8 Å². The second-order valence-electron chi connectivity index (χ2n) is 5.45. The first-order chi connectivity index (χ1) is 12.1. The maximum absolute atomic E-state index is 9.66. The van der Waals surface area contributed by atoms with Crippen LogP contribution in [-0.4, -0.2) is 32.6 Å². The van der Waals surface area contributed by atoms with Gasteiger partial charge in [-0.15, -0.1) is 0 Å². The van der Waals surface area contributed by atoms with Gasteiger partial charge in [0.25, 0.3) is 0 Å². The summed E-state index contributed by atoms with van der Waals surface area (Å²) in [6.45, 7) is 3.78. The maximum atomic E-state index is 9.66. The number of hydrogen-bond donors (Lipinski definition) is 0. The minimum atomic E-state index is 0.163. The number of pyridine rings is 1. The van der Waals surface area contributed by atoms with Crippen molar-refractivity contribution >= 4 is 19.5 Å². The van der Waals surface area contributed by atoms with E-state index in [1.54, 1.807) is 30.2 Å². The summed E-state index contributed by atoms with van der Waals surface area (Å²) in [5, 5.41) is 18.4. The van der Waals surface area contributed by atoms with Crippen molar-refractivity contribution in [3.05, 3.63) is 53.6 Å². The van der Waals surface area contributed by atoms with Gasteiger partial charge in [0, 0.05) is 25.0 Å². The van der Waals surface area contributed by atoms with Crippen molar-refractivity contribution in [2.75, 3.05) is 0 Å². The third-order valence-corrected chi connectivity index (χ3v) is 3.92. The summed E-state index contributed by atoms with van der Waals surface area (Å²) >= 11 is 0. The van der Waals surface area contributed by atoms with Crippen LogP contribution in [0, 0.1) is 25.2 Å². The van der Waals surface area contributed by atoms with E-state index in [0.717, 1.165) is 11.3 Å². The Morgan fingerprint density at radius 1 is 1.20 bits per heavy atom. The van der Waals surface area contributed by atoms with Gasteiger partial charge in [-0.2, -0.15) is 15.5 Å². The summed E-state index contributed by atoms with van der Waals surface area (Å²) in [6, 6.07) is 9.43. The van der Waals surface area contributed by atoms with Crippen LogP contribution >= 0.6 is 0 Å². The molecule has 0 unspecified atom stereocenters. The van der Waals surface area contributed by atoms with Gasteiger partial charge >= 0.3 is 8.05 Å². The third-order valence-electron chi connectivity index (χ3n) is 3.92. The quantitative estimate of drug-likeness (QED) is 0.416. The second kappa shape index (κ2) is 6.65. The largest absolute Gasteiger partial charge is 0.564 e. The van der Waals surface area contributed by atoms with Crippen molar-refractivity contribution in [2.24, 2.45) is 7.05 Å². The van der Waals surface area contributed by atoms with Crippen molar-refractivity contribution < 1.29 is 4.65 Å². The number of rotatable bonds is 4. The average Bonchev–Trinajstić information content (AvgIpc) is 3.20.